The molecule has 2 rings (SSSR count). The zero-order valence-corrected chi connectivity index (χ0v) is 9.77. The molecule has 0 N–H and O–H groups in total. The summed E-state index contributed by atoms with van der Waals surface area (Å²) < 4.78 is 1.80. The molecule has 0 aliphatic carbocycles. The molecule has 0 saturated carbocycles. The van der Waals surface area contributed by atoms with Crippen LogP contribution in [0.25, 0.3) is 11.0 Å². The number of amides is 1. The SMILES string of the molecule is CN(C)C(=O)Cn1ccc2nc(Cl)ncc21. The van der Waals surface area contributed by atoms with Crippen molar-refractivity contribution in [1.29, 1.82) is 0 Å². The van der Waals surface area contributed by atoms with Gasteiger partial charge in [-0.05, 0) is 17.7 Å². The fourth-order valence-electron chi connectivity index (χ4n) is 1.38. The molecule has 2 aromatic heterocycles. The lowest BCUT2D eigenvalue weighted by molar-refractivity contribution is -0.129. The summed E-state index contributed by atoms with van der Waals surface area (Å²) in [7, 11) is 3.45. The van der Waals surface area contributed by atoms with Crippen molar-refractivity contribution in [2.45, 2.75) is 6.54 Å². The van der Waals surface area contributed by atoms with Crippen LogP contribution in [0, 0.1) is 0 Å². The van der Waals surface area contributed by atoms with Gasteiger partial charge in [0.15, 0.2) is 0 Å². The van der Waals surface area contributed by atoms with Crippen LogP contribution in [0.1, 0.15) is 0 Å². The Bertz CT molecular complexity index is 535. The van der Waals surface area contributed by atoms with Crippen LogP contribution in [0.3, 0.4) is 0 Å². The molecule has 5 nitrogen and oxygen atoms in total. The highest BCUT2D eigenvalue weighted by atomic mass is 35.5. The number of rotatable bonds is 2. The summed E-state index contributed by atoms with van der Waals surface area (Å²) in [6, 6.07) is 1.81. The number of aromatic nitrogens is 3. The van der Waals surface area contributed by atoms with Crippen molar-refractivity contribution in [1.82, 2.24) is 19.4 Å². The normalized spacial score (nSPS) is 10.7. The molecule has 84 valence electrons. The highest BCUT2D eigenvalue weighted by Crippen LogP contribution is 2.14. The van der Waals surface area contributed by atoms with Gasteiger partial charge in [0.1, 0.15) is 6.54 Å². The number of carbonyl (C=O) groups excluding carboxylic acids is 1. The van der Waals surface area contributed by atoms with E-state index in [-0.39, 0.29) is 17.7 Å². The summed E-state index contributed by atoms with van der Waals surface area (Å²) in [6.45, 7) is 0.279. The maximum Gasteiger partial charge on any atom is 0.241 e. The van der Waals surface area contributed by atoms with Gasteiger partial charge in [0, 0.05) is 20.3 Å². The molecule has 0 saturated heterocycles. The van der Waals surface area contributed by atoms with Gasteiger partial charge < -0.3 is 9.47 Å². The highest BCUT2D eigenvalue weighted by molar-refractivity contribution is 6.28. The topological polar surface area (TPSA) is 51.0 Å². The van der Waals surface area contributed by atoms with Crippen molar-refractivity contribution in [2.75, 3.05) is 14.1 Å². The number of hydrogen-bond acceptors (Lipinski definition) is 3. The van der Waals surface area contributed by atoms with E-state index in [0.29, 0.717) is 0 Å². The van der Waals surface area contributed by atoms with E-state index in [1.807, 2.05) is 6.07 Å². The molecule has 0 aliphatic heterocycles. The van der Waals surface area contributed by atoms with Crippen molar-refractivity contribution >= 4 is 28.5 Å². The molecule has 0 bridgehead atoms. The number of halogens is 1. The van der Waals surface area contributed by atoms with E-state index in [9.17, 15) is 4.79 Å². The Morgan fingerprint density at radius 1 is 1.56 bits per heavy atom. The molecular formula is C10H11ClN4O. The van der Waals surface area contributed by atoms with Gasteiger partial charge in [0.05, 0.1) is 17.2 Å². The predicted molar refractivity (Wildman–Crippen MR) is 61.2 cm³/mol. The van der Waals surface area contributed by atoms with Crippen LogP contribution in [0.4, 0.5) is 0 Å². The third-order valence-corrected chi connectivity index (χ3v) is 2.48. The average Bonchev–Trinajstić information content (AvgIpc) is 2.60. The molecule has 6 heteroatoms. The lowest BCUT2D eigenvalue weighted by Gasteiger charge is -2.11. The van der Waals surface area contributed by atoms with Crippen LogP contribution in [0.5, 0.6) is 0 Å². The van der Waals surface area contributed by atoms with E-state index in [2.05, 4.69) is 9.97 Å². The molecule has 1 amide bonds. The van der Waals surface area contributed by atoms with E-state index >= 15 is 0 Å². The van der Waals surface area contributed by atoms with Gasteiger partial charge in [-0.15, -0.1) is 0 Å². The first-order valence-electron chi connectivity index (χ1n) is 4.75. The van der Waals surface area contributed by atoms with Gasteiger partial charge in [-0.25, -0.2) is 9.97 Å². The van der Waals surface area contributed by atoms with Gasteiger partial charge in [-0.3, -0.25) is 4.79 Å². The number of fused-ring (bicyclic) bond motifs is 1. The maximum atomic E-state index is 11.6. The smallest absolute Gasteiger partial charge is 0.241 e. The first-order chi connectivity index (χ1) is 7.58. The molecule has 0 spiro atoms. The maximum absolute atomic E-state index is 11.6. The molecule has 0 aromatic carbocycles. The standard InChI is InChI=1S/C10H11ClN4O/c1-14(2)9(16)6-15-4-3-7-8(15)5-12-10(11)13-7/h3-5H,6H2,1-2H3. The Labute approximate surface area is 97.7 Å². The van der Waals surface area contributed by atoms with E-state index in [0.717, 1.165) is 11.0 Å². The molecule has 16 heavy (non-hydrogen) atoms. The number of carbonyl (C=O) groups is 1. The molecule has 2 heterocycles. The van der Waals surface area contributed by atoms with E-state index < -0.39 is 0 Å². The van der Waals surface area contributed by atoms with Gasteiger partial charge in [0.25, 0.3) is 0 Å². The van der Waals surface area contributed by atoms with Crippen molar-refractivity contribution in [2.24, 2.45) is 0 Å². The third-order valence-electron chi connectivity index (χ3n) is 2.29. The summed E-state index contributed by atoms with van der Waals surface area (Å²) >= 11 is 5.68. The summed E-state index contributed by atoms with van der Waals surface area (Å²) in [5.74, 6) is 0.0208. The Balaban J connectivity index is 2.35. The van der Waals surface area contributed by atoms with Crippen molar-refractivity contribution in [3.8, 4) is 0 Å². The first kappa shape index (κ1) is 10.9. The minimum Gasteiger partial charge on any atom is -0.347 e. The van der Waals surface area contributed by atoms with E-state index in [1.165, 1.54) is 0 Å². The summed E-state index contributed by atoms with van der Waals surface area (Å²) in [5.41, 5.74) is 1.55. The van der Waals surface area contributed by atoms with Crippen molar-refractivity contribution < 1.29 is 4.79 Å². The second-order valence-corrected chi connectivity index (χ2v) is 3.98. The second-order valence-electron chi connectivity index (χ2n) is 3.64. The lowest BCUT2D eigenvalue weighted by Crippen LogP contribution is -2.25. The van der Waals surface area contributed by atoms with E-state index in [4.69, 9.17) is 11.6 Å². The fraction of sp³-hybridized carbons (Fsp3) is 0.300. The zero-order chi connectivity index (χ0) is 11.7. The van der Waals surface area contributed by atoms with Crippen LogP contribution in [0.2, 0.25) is 5.28 Å². The van der Waals surface area contributed by atoms with Crippen LogP contribution < -0.4 is 0 Å². The Morgan fingerprint density at radius 2 is 2.31 bits per heavy atom. The van der Waals surface area contributed by atoms with Gasteiger partial charge in [0.2, 0.25) is 11.2 Å². The minimum atomic E-state index is 0.0208. The van der Waals surface area contributed by atoms with Crippen molar-refractivity contribution in [3.05, 3.63) is 23.7 Å². The van der Waals surface area contributed by atoms with Crippen LogP contribution in [-0.2, 0) is 11.3 Å². The molecule has 0 atom stereocenters. The molecule has 0 radical (unpaired) electrons. The monoisotopic (exact) mass is 238 g/mol. The number of hydrogen-bond donors (Lipinski definition) is 0. The fourth-order valence-corrected chi connectivity index (χ4v) is 1.52. The van der Waals surface area contributed by atoms with E-state index in [1.54, 1.807) is 36.0 Å². The minimum absolute atomic E-state index is 0.0208. The molecular weight excluding hydrogens is 228 g/mol. The van der Waals surface area contributed by atoms with Crippen LogP contribution in [0.15, 0.2) is 18.5 Å². The van der Waals surface area contributed by atoms with Gasteiger partial charge in [-0.1, -0.05) is 0 Å². The highest BCUT2D eigenvalue weighted by Gasteiger charge is 2.08. The van der Waals surface area contributed by atoms with Crippen molar-refractivity contribution in [3.63, 3.8) is 0 Å². The molecule has 0 aliphatic rings. The molecule has 2 aromatic rings. The molecule has 0 fully saturated rings. The summed E-state index contributed by atoms with van der Waals surface area (Å²) in [4.78, 5) is 21.1. The third kappa shape index (κ3) is 1.99. The first-order valence-corrected chi connectivity index (χ1v) is 5.13. The summed E-state index contributed by atoms with van der Waals surface area (Å²) in [5, 5.41) is 0.212. The summed E-state index contributed by atoms with van der Waals surface area (Å²) in [6.07, 6.45) is 3.42. The zero-order valence-electron chi connectivity index (χ0n) is 9.01. The predicted octanol–water partition coefficient (Wildman–Crippen LogP) is 1.17. The number of nitrogens with zero attached hydrogens (tertiary/aromatic N) is 4. The second kappa shape index (κ2) is 4.09. The Kier molecular flexibility index (Phi) is 2.78. The quantitative estimate of drug-likeness (QED) is 0.738. The Hall–Kier alpha value is -1.62. The lowest BCUT2D eigenvalue weighted by atomic mass is 10.4. The van der Waals surface area contributed by atoms with Gasteiger partial charge >= 0.3 is 0 Å². The Morgan fingerprint density at radius 3 is 3.00 bits per heavy atom. The molecule has 0 unspecified atom stereocenters. The largest absolute Gasteiger partial charge is 0.347 e. The number of likely N-dealkylation sites (N-methyl/N-ethyl adjacent to an activating group) is 1. The van der Waals surface area contributed by atoms with Gasteiger partial charge in [-0.2, -0.15) is 0 Å². The van der Waals surface area contributed by atoms with Crippen LogP contribution in [-0.4, -0.2) is 39.4 Å². The van der Waals surface area contributed by atoms with Crippen LogP contribution >= 0.6 is 11.6 Å². The average molecular weight is 239 g/mol.